The second-order valence-corrected chi connectivity index (χ2v) is 3.52. The quantitative estimate of drug-likeness (QED) is 0.801. The van der Waals surface area contributed by atoms with E-state index in [1.807, 2.05) is 5.32 Å². The summed E-state index contributed by atoms with van der Waals surface area (Å²) in [6, 6.07) is 4.16. The summed E-state index contributed by atoms with van der Waals surface area (Å²) in [5.74, 6) is -0.453. The van der Waals surface area contributed by atoms with Gasteiger partial charge in [0, 0.05) is 6.92 Å². The smallest absolute Gasteiger partial charge is 0.306 e. The Balaban J connectivity index is 2.77. The van der Waals surface area contributed by atoms with Crippen molar-refractivity contribution in [3.05, 3.63) is 28.2 Å². The number of anilines is 1. The Hall–Kier alpha value is -1.26. The van der Waals surface area contributed by atoms with Crippen molar-refractivity contribution in [2.75, 3.05) is 5.32 Å². The van der Waals surface area contributed by atoms with Crippen LogP contribution in [-0.2, 0) is 4.79 Å². The van der Waals surface area contributed by atoms with Crippen LogP contribution in [0.15, 0.2) is 18.2 Å². The van der Waals surface area contributed by atoms with Gasteiger partial charge in [-0.3, -0.25) is 10.1 Å². The van der Waals surface area contributed by atoms with E-state index >= 15 is 0 Å². The summed E-state index contributed by atoms with van der Waals surface area (Å²) in [6.45, 7) is 1.24. The fourth-order valence-corrected chi connectivity index (χ4v) is 1.26. The minimum absolute atomic E-state index is 0.234. The van der Waals surface area contributed by atoms with Crippen molar-refractivity contribution in [3.63, 3.8) is 0 Å². The highest BCUT2D eigenvalue weighted by atomic mass is 35.5. The molecule has 4 nitrogen and oxygen atoms in total. The zero-order valence-corrected chi connectivity index (χ0v) is 9.32. The zero-order valence-electron chi connectivity index (χ0n) is 7.80. The Bertz CT molecular complexity index is 407. The third-order valence-electron chi connectivity index (χ3n) is 1.49. The van der Waals surface area contributed by atoms with E-state index in [0.29, 0.717) is 10.7 Å². The first-order valence-electron chi connectivity index (χ1n) is 4.03. The number of halogens is 2. The molecule has 15 heavy (non-hydrogen) atoms. The third kappa shape index (κ3) is 3.42. The van der Waals surface area contributed by atoms with E-state index in [9.17, 15) is 9.59 Å². The molecule has 0 aliphatic rings. The lowest BCUT2D eigenvalue weighted by Gasteiger charge is -2.07. The summed E-state index contributed by atoms with van der Waals surface area (Å²) in [5.41, 5.74) is 0.350. The monoisotopic (exact) mass is 246 g/mol. The predicted molar refractivity (Wildman–Crippen MR) is 59.3 cm³/mol. The number of urea groups is 1. The molecule has 0 spiro atoms. The van der Waals surface area contributed by atoms with Gasteiger partial charge >= 0.3 is 6.03 Å². The van der Waals surface area contributed by atoms with Crippen LogP contribution in [0.2, 0.25) is 10.0 Å². The van der Waals surface area contributed by atoms with E-state index in [0.717, 1.165) is 0 Å². The molecular weight excluding hydrogens is 239 g/mol. The van der Waals surface area contributed by atoms with Crippen LogP contribution >= 0.6 is 23.2 Å². The van der Waals surface area contributed by atoms with Crippen molar-refractivity contribution in [2.24, 2.45) is 0 Å². The van der Waals surface area contributed by atoms with Gasteiger partial charge < -0.3 is 5.32 Å². The number of nitrogens with one attached hydrogen (secondary N) is 2. The number of rotatable bonds is 1. The summed E-state index contributed by atoms with van der Waals surface area (Å²) in [4.78, 5) is 21.7. The zero-order chi connectivity index (χ0) is 11.4. The van der Waals surface area contributed by atoms with Crippen LogP contribution in [0, 0.1) is 0 Å². The molecule has 0 fully saturated rings. The van der Waals surface area contributed by atoms with Gasteiger partial charge in [-0.15, -0.1) is 0 Å². The highest BCUT2D eigenvalue weighted by Gasteiger charge is 2.08. The third-order valence-corrected chi connectivity index (χ3v) is 2.31. The van der Waals surface area contributed by atoms with Crippen molar-refractivity contribution >= 4 is 40.8 Å². The van der Waals surface area contributed by atoms with Crippen molar-refractivity contribution < 1.29 is 9.59 Å². The molecule has 0 bridgehead atoms. The maximum Gasteiger partial charge on any atom is 0.325 e. The molecule has 0 heterocycles. The number of amides is 3. The summed E-state index contributed by atoms with van der Waals surface area (Å²) >= 11 is 11.5. The Morgan fingerprint density at radius 2 is 1.93 bits per heavy atom. The van der Waals surface area contributed by atoms with Gasteiger partial charge in [0.15, 0.2) is 0 Å². The molecule has 80 valence electrons. The number of carbonyl (C=O) groups excluding carboxylic acids is 2. The highest BCUT2D eigenvalue weighted by Crippen LogP contribution is 2.29. The minimum atomic E-state index is -0.647. The molecule has 0 saturated carbocycles. The minimum Gasteiger partial charge on any atom is -0.306 e. The van der Waals surface area contributed by atoms with Gasteiger partial charge in [-0.25, -0.2) is 4.79 Å². The first-order chi connectivity index (χ1) is 7.00. The molecule has 0 aliphatic carbocycles. The van der Waals surface area contributed by atoms with Gasteiger partial charge in [0.1, 0.15) is 0 Å². The van der Waals surface area contributed by atoms with E-state index in [1.165, 1.54) is 6.92 Å². The largest absolute Gasteiger partial charge is 0.325 e. The topological polar surface area (TPSA) is 58.2 Å². The van der Waals surface area contributed by atoms with Crippen LogP contribution in [0.1, 0.15) is 6.92 Å². The number of hydrogen-bond donors (Lipinski definition) is 2. The first-order valence-corrected chi connectivity index (χ1v) is 4.79. The fourth-order valence-electron chi connectivity index (χ4n) is 0.914. The van der Waals surface area contributed by atoms with Gasteiger partial charge in [-0.05, 0) is 12.1 Å². The Labute approximate surface area is 96.6 Å². The van der Waals surface area contributed by atoms with Crippen LogP contribution in [0.5, 0.6) is 0 Å². The molecule has 0 radical (unpaired) electrons. The summed E-state index contributed by atoms with van der Waals surface area (Å²) < 4.78 is 0. The van der Waals surface area contributed by atoms with Crippen molar-refractivity contribution in [2.45, 2.75) is 6.92 Å². The van der Waals surface area contributed by atoms with Crippen molar-refractivity contribution in [3.8, 4) is 0 Å². The van der Waals surface area contributed by atoms with Crippen LogP contribution in [0.25, 0.3) is 0 Å². The van der Waals surface area contributed by atoms with Crippen LogP contribution in [0.4, 0.5) is 10.5 Å². The second kappa shape index (κ2) is 5.00. The normalized spacial score (nSPS) is 9.53. The molecule has 0 aliphatic heterocycles. The summed E-state index contributed by atoms with van der Waals surface area (Å²) in [7, 11) is 0. The molecule has 2 N–H and O–H groups in total. The lowest BCUT2D eigenvalue weighted by Crippen LogP contribution is -2.32. The number of hydrogen-bond acceptors (Lipinski definition) is 2. The van der Waals surface area contributed by atoms with Crippen molar-refractivity contribution in [1.29, 1.82) is 0 Å². The average Bonchev–Trinajstić information content (AvgIpc) is 2.11. The average molecular weight is 247 g/mol. The van der Waals surface area contributed by atoms with Crippen LogP contribution in [0.3, 0.4) is 0 Å². The molecule has 1 aromatic carbocycles. The van der Waals surface area contributed by atoms with Gasteiger partial charge in [-0.2, -0.15) is 0 Å². The lowest BCUT2D eigenvalue weighted by atomic mass is 10.3. The van der Waals surface area contributed by atoms with Gasteiger partial charge in [0.2, 0.25) is 5.91 Å². The van der Waals surface area contributed by atoms with Crippen LogP contribution in [-0.4, -0.2) is 11.9 Å². The van der Waals surface area contributed by atoms with Crippen molar-refractivity contribution in [1.82, 2.24) is 5.32 Å². The molecular formula is C9H8Cl2N2O2. The Morgan fingerprint density at radius 1 is 1.27 bits per heavy atom. The Morgan fingerprint density at radius 3 is 2.53 bits per heavy atom. The SMILES string of the molecule is CC(=O)NC(=O)Nc1cccc(Cl)c1Cl. The number of benzene rings is 1. The van der Waals surface area contributed by atoms with E-state index in [-0.39, 0.29) is 5.02 Å². The van der Waals surface area contributed by atoms with Gasteiger partial charge in [-0.1, -0.05) is 29.3 Å². The fraction of sp³-hybridized carbons (Fsp3) is 0.111. The molecule has 1 aromatic rings. The predicted octanol–water partition coefficient (Wildman–Crippen LogP) is 2.66. The highest BCUT2D eigenvalue weighted by molar-refractivity contribution is 6.44. The molecule has 3 amide bonds. The number of imide groups is 1. The lowest BCUT2D eigenvalue weighted by molar-refractivity contribution is -0.117. The van der Waals surface area contributed by atoms with E-state index in [2.05, 4.69) is 5.32 Å². The van der Waals surface area contributed by atoms with Gasteiger partial charge in [0.05, 0.1) is 15.7 Å². The summed E-state index contributed by atoms with van der Waals surface area (Å²) in [6.07, 6.45) is 0. The van der Waals surface area contributed by atoms with Crippen LogP contribution < -0.4 is 10.6 Å². The molecule has 1 rings (SSSR count). The second-order valence-electron chi connectivity index (χ2n) is 2.74. The van der Waals surface area contributed by atoms with E-state index in [4.69, 9.17) is 23.2 Å². The summed E-state index contributed by atoms with van der Waals surface area (Å²) in [5, 5.41) is 5.01. The Kier molecular flexibility index (Phi) is 3.94. The molecule has 0 unspecified atom stereocenters. The maximum absolute atomic E-state index is 11.1. The van der Waals surface area contributed by atoms with E-state index < -0.39 is 11.9 Å². The first kappa shape index (κ1) is 11.8. The molecule has 0 saturated heterocycles. The molecule has 0 aromatic heterocycles. The molecule has 6 heteroatoms. The number of carbonyl (C=O) groups is 2. The van der Waals surface area contributed by atoms with E-state index in [1.54, 1.807) is 18.2 Å². The van der Waals surface area contributed by atoms with Gasteiger partial charge in [0.25, 0.3) is 0 Å². The standard InChI is InChI=1S/C9H8Cl2N2O2/c1-5(14)12-9(15)13-7-4-2-3-6(10)8(7)11/h2-4H,1H3,(H2,12,13,14,15). The molecule has 0 atom stereocenters. The maximum atomic E-state index is 11.1.